The van der Waals surface area contributed by atoms with Crippen LogP contribution in [-0.2, 0) is 28.7 Å². The molecule has 0 amide bonds. The third kappa shape index (κ3) is 7.93. The van der Waals surface area contributed by atoms with Gasteiger partial charge in [-0.2, -0.15) is 0 Å². The maximum absolute atomic E-state index is 12.5. The highest BCUT2D eigenvalue weighted by Gasteiger charge is 2.29. The van der Waals surface area contributed by atoms with E-state index in [1.807, 2.05) is 64.1 Å². The summed E-state index contributed by atoms with van der Waals surface area (Å²) < 4.78 is 11.3. The molecule has 2 aliphatic rings. The first-order valence-corrected chi connectivity index (χ1v) is 15.2. The van der Waals surface area contributed by atoms with E-state index in [1.54, 1.807) is 0 Å². The number of benzene rings is 2. The zero-order chi connectivity index (χ0) is 30.2. The minimum Gasteiger partial charge on any atom is -0.430 e. The summed E-state index contributed by atoms with van der Waals surface area (Å²) in [4.78, 5) is 50.1. The molecule has 2 aliphatic carbocycles. The minimum atomic E-state index is -0.287. The van der Waals surface area contributed by atoms with Crippen LogP contribution < -0.4 is 0 Å². The van der Waals surface area contributed by atoms with Crippen LogP contribution >= 0.6 is 0 Å². The third-order valence-electron chi connectivity index (χ3n) is 8.06. The molecule has 6 heteroatoms. The average Bonchev–Trinajstić information content (AvgIpc) is 3.47. The van der Waals surface area contributed by atoms with E-state index in [9.17, 15) is 19.2 Å². The van der Waals surface area contributed by atoms with Crippen molar-refractivity contribution in [1.29, 1.82) is 0 Å². The highest BCUT2D eigenvalue weighted by Crippen LogP contribution is 2.35. The van der Waals surface area contributed by atoms with Crippen LogP contribution in [0.4, 0.5) is 0 Å². The van der Waals surface area contributed by atoms with Gasteiger partial charge in [0.25, 0.3) is 0 Å². The Hall–Kier alpha value is -3.80. The van der Waals surface area contributed by atoms with Gasteiger partial charge in [-0.15, -0.1) is 0 Å². The number of Topliss-reactive ketones (excluding diaryl/α,β-unsaturated/α-hetero) is 2. The zero-order valence-electron chi connectivity index (χ0n) is 25.4. The first kappa shape index (κ1) is 31.1. The van der Waals surface area contributed by atoms with E-state index < -0.39 is 0 Å². The number of allylic oxidation sites excluding steroid dienone is 4. The summed E-state index contributed by atoms with van der Waals surface area (Å²) in [5, 5.41) is 0. The highest BCUT2D eigenvalue weighted by molar-refractivity contribution is 6.24. The van der Waals surface area contributed by atoms with Gasteiger partial charge < -0.3 is 9.47 Å². The van der Waals surface area contributed by atoms with Crippen LogP contribution in [-0.4, -0.2) is 23.5 Å². The van der Waals surface area contributed by atoms with E-state index >= 15 is 0 Å². The van der Waals surface area contributed by atoms with Gasteiger partial charge in [-0.3, -0.25) is 19.2 Å². The number of carbonyl (C=O) groups is 4. The Morgan fingerprint density at radius 2 is 0.952 bits per heavy atom. The molecule has 0 heterocycles. The maximum Gasteiger partial charge on any atom is 0.310 e. The number of esters is 2. The number of aryl methyl sites for hydroxylation is 4. The molecular formula is C36H42O6. The second-order valence-corrected chi connectivity index (χ2v) is 11.6. The fraction of sp³-hybridized carbons (Fsp3) is 0.444. The van der Waals surface area contributed by atoms with Crippen molar-refractivity contribution in [3.8, 4) is 0 Å². The Balaban J connectivity index is 1.14. The first-order valence-electron chi connectivity index (χ1n) is 15.2. The van der Waals surface area contributed by atoms with Crippen molar-refractivity contribution in [2.45, 2.75) is 105 Å². The molecular weight excluding hydrogens is 528 g/mol. The lowest BCUT2D eigenvalue weighted by Crippen LogP contribution is -2.06. The monoisotopic (exact) mass is 570 g/mol. The Morgan fingerprint density at radius 3 is 1.33 bits per heavy atom. The summed E-state index contributed by atoms with van der Waals surface area (Å²) >= 11 is 0. The number of ketones is 2. The number of rotatable bonds is 13. The zero-order valence-corrected chi connectivity index (χ0v) is 25.4. The van der Waals surface area contributed by atoms with Crippen molar-refractivity contribution in [2.24, 2.45) is 0 Å². The topological polar surface area (TPSA) is 86.7 Å². The lowest BCUT2D eigenvalue weighted by molar-refractivity contribution is -0.140. The van der Waals surface area contributed by atoms with Gasteiger partial charge in [0.15, 0.2) is 11.6 Å². The van der Waals surface area contributed by atoms with Crippen molar-refractivity contribution >= 4 is 34.7 Å². The summed E-state index contributed by atoms with van der Waals surface area (Å²) in [6.07, 6.45) is 7.51. The number of ether oxygens (including phenoxy) is 2. The van der Waals surface area contributed by atoms with Crippen LogP contribution in [0, 0.1) is 27.7 Å². The van der Waals surface area contributed by atoms with Gasteiger partial charge in [-0.05, 0) is 62.8 Å². The van der Waals surface area contributed by atoms with Gasteiger partial charge in [-0.1, -0.05) is 73.2 Å². The molecule has 0 bridgehead atoms. The lowest BCUT2D eigenvalue weighted by Gasteiger charge is -2.11. The van der Waals surface area contributed by atoms with Crippen LogP contribution in [0.15, 0.2) is 47.9 Å². The first-order chi connectivity index (χ1) is 20.1. The molecule has 0 atom stereocenters. The van der Waals surface area contributed by atoms with Crippen molar-refractivity contribution < 1.29 is 28.7 Å². The Kier molecular flexibility index (Phi) is 10.7. The molecule has 0 N–H and O–H groups in total. The fourth-order valence-corrected chi connectivity index (χ4v) is 5.88. The number of hydrogen-bond acceptors (Lipinski definition) is 6. The molecule has 2 aromatic carbocycles. The van der Waals surface area contributed by atoms with Crippen molar-refractivity contribution in [1.82, 2.24) is 0 Å². The van der Waals surface area contributed by atoms with Gasteiger partial charge in [0.2, 0.25) is 0 Å². The average molecular weight is 571 g/mol. The molecule has 0 aliphatic heterocycles. The minimum absolute atomic E-state index is 0.0314. The van der Waals surface area contributed by atoms with Gasteiger partial charge >= 0.3 is 11.9 Å². The quantitative estimate of drug-likeness (QED) is 0.179. The molecule has 0 spiro atoms. The molecule has 0 radical (unpaired) electrons. The maximum atomic E-state index is 12.5. The normalized spacial score (nSPS) is 15.1. The van der Waals surface area contributed by atoms with Crippen molar-refractivity contribution in [3.05, 3.63) is 81.3 Å². The molecule has 0 fully saturated rings. The number of carbonyl (C=O) groups excluding carboxylic acids is 4. The highest BCUT2D eigenvalue weighted by atomic mass is 16.5. The van der Waals surface area contributed by atoms with Gasteiger partial charge in [0, 0.05) is 38.5 Å². The number of hydrogen-bond donors (Lipinski definition) is 0. The second-order valence-electron chi connectivity index (χ2n) is 11.6. The van der Waals surface area contributed by atoms with Crippen LogP contribution in [0.3, 0.4) is 0 Å². The molecule has 0 aromatic heterocycles. The van der Waals surface area contributed by atoms with E-state index in [-0.39, 0.29) is 23.5 Å². The summed E-state index contributed by atoms with van der Waals surface area (Å²) in [5.74, 6) is 0.493. The molecule has 0 saturated carbocycles. The molecule has 6 nitrogen and oxygen atoms in total. The fourth-order valence-electron chi connectivity index (χ4n) is 5.88. The van der Waals surface area contributed by atoms with Crippen LogP contribution in [0.5, 0.6) is 0 Å². The van der Waals surface area contributed by atoms with E-state index in [4.69, 9.17) is 9.47 Å². The second kappa shape index (κ2) is 14.4. The lowest BCUT2D eigenvalue weighted by atomic mass is 9.97. The van der Waals surface area contributed by atoms with Gasteiger partial charge in [0.05, 0.1) is 11.1 Å². The van der Waals surface area contributed by atoms with E-state index in [1.165, 1.54) is 0 Å². The third-order valence-corrected chi connectivity index (χ3v) is 8.06. The van der Waals surface area contributed by atoms with Crippen molar-refractivity contribution in [3.63, 3.8) is 0 Å². The predicted molar refractivity (Wildman–Crippen MR) is 163 cm³/mol. The largest absolute Gasteiger partial charge is 0.430 e. The molecule has 222 valence electrons. The summed E-state index contributed by atoms with van der Waals surface area (Å²) in [5.41, 5.74) is 7.08. The standard InChI is InChI=1S/C36H42O6/c1-23-13-15-27(25(3)21-23)35-29(37)17-19-31(35)41-33(39)11-9-7-5-6-8-10-12-34(40)42-32-20-18-30(38)36(32)28-16-14-24(2)22-26(28)4/h13-16,21-22H,5-12,17-20H2,1-4H3. The number of unbranched alkanes of at least 4 members (excludes halogenated alkanes) is 5. The SMILES string of the molecule is Cc1ccc(C2=C(OC(=O)CCCCCCCCC(=O)OC3=C(c4ccc(C)cc4C)C(=O)CC3)CCC2=O)c(C)c1. The molecule has 42 heavy (non-hydrogen) atoms. The van der Waals surface area contributed by atoms with E-state index in [0.717, 1.165) is 71.9 Å². The Bertz CT molecular complexity index is 1330. The predicted octanol–water partition coefficient (Wildman–Crippen LogP) is 7.98. The Morgan fingerprint density at radius 1 is 0.571 bits per heavy atom. The van der Waals surface area contributed by atoms with Gasteiger partial charge in [0.1, 0.15) is 11.5 Å². The van der Waals surface area contributed by atoms with Crippen LogP contribution in [0.25, 0.3) is 11.1 Å². The van der Waals surface area contributed by atoms with E-state index in [0.29, 0.717) is 61.2 Å². The smallest absolute Gasteiger partial charge is 0.310 e. The van der Waals surface area contributed by atoms with Crippen molar-refractivity contribution in [2.75, 3.05) is 0 Å². The van der Waals surface area contributed by atoms with Crippen LogP contribution in [0.1, 0.15) is 110 Å². The molecule has 0 unspecified atom stereocenters. The molecule has 0 saturated heterocycles. The van der Waals surface area contributed by atoms with Crippen LogP contribution in [0.2, 0.25) is 0 Å². The molecule has 4 rings (SSSR count). The van der Waals surface area contributed by atoms with E-state index in [2.05, 4.69) is 0 Å². The summed E-state index contributed by atoms with van der Waals surface area (Å²) in [7, 11) is 0. The summed E-state index contributed by atoms with van der Waals surface area (Å²) in [6.45, 7) is 7.97. The van der Waals surface area contributed by atoms with Gasteiger partial charge in [-0.25, -0.2) is 0 Å². The summed E-state index contributed by atoms with van der Waals surface area (Å²) in [6, 6.07) is 11.9. The molecule has 2 aromatic rings. The Labute approximate surface area is 249 Å².